The van der Waals surface area contributed by atoms with E-state index in [0.717, 1.165) is 25.1 Å². The molecule has 0 bridgehead atoms. The van der Waals surface area contributed by atoms with Gasteiger partial charge in [0.15, 0.2) is 0 Å². The predicted molar refractivity (Wildman–Crippen MR) is 89.6 cm³/mol. The van der Waals surface area contributed by atoms with Gasteiger partial charge in [0.25, 0.3) is 0 Å². The van der Waals surface area contributed by atoms with Crippen LogP contribution in [-0.2, 0) is 6.42 Å². The van der Waals surface area contributed by atoms with Crippen molar-refractivity contribution in [2.45, 2.75) is 46.6 Å². The Bertz CT molecular complexity index is 590. The highest BCUT2D eigenvalue weighted by molar-refractivity contribution is 5.33. The molecule has 1 aromatic heterocycles. The standard InChI is InChI=1S/C19H26N2/c1-5-10-21-19(18-7-6-11-20-16(18)4)13-17-12-14(2)8-9-15(17)3/h6-9,11-12,19,21H,5,10,13H2,1-4H3. The van der Waals surface area contributed by atoms with E-state index in [-0.39, 0.29) is 0 Å². The van der Waals surface area contributed by atoms with E-state index in [0.29, 0.717) is 6.04 Å². The molecule has 0 aliphatic carbocycles. The van der Waals surface area contributed by atoms with Crippen LogP contribution in [0, 0.1) is 20.8 Å². The molecule has 2 nitrogen and oxygen atoms in total. The minimum Gasteiger partial charge on any atom is -0.310 e. The molecule has 2 rings (SSSR count). The molecule has 0 radical (unpaired) electrons. The van der Waals surface area contributed by atoms with Crippen LogP contribution in [-0.4, -0.2) is 11.5 Å². The van der Waals surface area contributed by atoms with Crippen LogP contribution in [0.3, 0.4) is 0 Å². The van der Waals surface area contributed by atoms with E-state index >= 15 is 0 Å². The fourth-order valence-corrected chi connectivity index (χ4v) is 2.72. The molecule has 0 saturated heterocycles. The van der Waals surface area contributed by atoms with Gasteiger partial charge in [-0.2, -0.15) is 0 Å². The van der Waals surface area contributed by atoms with E-state index in [4.69, 9.17) is 0 Å². The highest BCUT2D eigenvalue weighted by Gasteiger charge is 2.15. The van der Waals surface area contributed by atoms with Crippen LogP contribution in [0.25, 0.3) is 0 Å². The van der Waals surface area contributed by atoms with Crippen molar-refractivity contribution in [3.63, 3.8) is 0 Å². The van der Waals surface area contributed by atoms with Gasteiger partial charge >= 0.3 is 0 Å². The molecular weight excluding hydrogens is 256 g/mol. The van der Waals surface area contributed by atoms with E-state index in [1.807, 2.05) is 12.3 Å². The molecule has 1 unspecified atom stereocenters. The number of rotatable bonds is 6. The maximum atomic E-state index is 4.45. The third-order valence-corrected chi connectivity index (χ3v) is 3.99. The number of nitrogens with zero attached hydrogens (tertiary/aromatic N) is 1. The lowest BCUT2D eigenvalue weighted by Gasteiger charge is -2.21. The van der Waals surface area contributed by atoms with E-state index in [2.05, 4.69) is 62.3 Å². The van der Waals surface area contributed by atoms with Crippen molar-refractivity contribution in [1.29, 1.82) is 0 Å². The number of pyridine rings is 1. The lowest BCUT2D eigenvalue weighted by Crippen LogP contribution is -2.25. The first-order valence-electron chi connectivity index (χ1n) is 7.82. The van der Waals surface area contributed by atoms with Gasteiger partial charge in [-0.1, -0.05) is 36.8 Å². The van der Waals surface area contributed by atoms with Gasteiger partial charge in [-0.25, -0.2) is 0 Å². The van der Waals surface area contributed by atoms with Gasteiger partial charge in [0.2, 0.25) is 0 Å². The van der Waals surface area contributed by atoms with Crippen molar-refractivity contribution < 1.29 is 0 Å². The summed E-state index contributed by atoms with van der Waals surface area (Å²) in [7, 11) is 0. The number of hydrogen-bond donors (Lipinski definition) is 1. The molecule has 2 heteroatoms. The third kappa shape index (κ3) is 4.15. The van der Waals surface area contributed by atoms with Crippen molar-refractivity contribution in [3.05, 3.63) is 64.5 Å². The summed E-state index contributed by atoms with van der Waals surface area (Å²) in [5.74, 6) is 0. The second-order valence-electron chi connectivity index (χ2n) is 5.82. The van der Waals surface area contributed by atoms with E-state index in [9.17, 15) is 0 Å². The Balaban J connectivity index is 2.28. The van der Waals surface area contributed by atoms with Crippen LogP contribution in [0.1, 0.15) is 47.3 Å². The molecule has 0 amide bonds. The minimum atomic E-state index is 0.333. The summed E-state index contributed by atoms with van der Waals surface area (Å²) in [6.45, 7) is 9.69. The summed E-state index contributed by atoms with van der Waals surface area (Å²) in [5.41, 5.74) is 6.55. The van der Waals surface area contributed by atoms with Gasteiger partial charge in [-0.3, -0.25) is 4.98 Å². The molecule has 21 heavy (non-hydrogen) atoms. The SMILES string of the molecule is CCCNC(Cc1cc(C)ccc1C)c1cccnc1C. The molecule has 0 spiro atoms. The number of hydrogen-bond acceptors (Lipinski definition) is 2. The van der Waals surface area contributed by atoms with Crippen molar-refractivity contribution in [1.82, 2.24) is 10.3 Å². The Hall–Kier alpha value is -1.67. The molecule has 1 N–H and O–H groups in total. The Morgan fingerprint density at radius 2 is 1.95 bits per heavy atom. The highest BCUT2D eigenvalue weighted by atomic mass is 14.9. The van der Waals surface area contributed by atoms with Gasteiger partial charge in [0, 0.05) is 17.9 Å². The second kappa shape index (κ2) is 7.37. The fourth-order valence-electron chi connectivity index (χ4n) is 2.72. The zero-order chi connectivity index (χ0) is 15.2. The topological polar surface area (TPSA) is 24.9 Å². The normalized spacial score (nSPS) is 12.4. The largest absolute Gasteiger partial charge is 0.310 e. The monoisotopic (exact) mass is 282 g/mol. The zero-order valence-corrected chi connectivity index (χ0v) is 13.6. The average molecular weight is 282 g/mol. The van der Waals surface area contributed by atoms with Crippen LogP contribution in [0.15, 0.2) is 36.5 Å². The third-order valence-electron chi connectivity index (χ3n) is 3.99. The predicted octanol–water partition coefficient (Wildman–Crippen LogP) is 4.29. The molecule has 1 aromatic carbocycles. The average Bonchev–Trinajstić information content (AvgIpc) is 2.48. The van der Waals surface area contributed by atoms with Crippen LogP contribution in [0.4, 0.5) is 0 Å². The number of aryl methyl sites for hydroxylation is 3. The van der Waals surface area contributed by atoms with Crippen molar-refractivity contribution in [3.8, 4) is 0 Å². The molecule has 0 aliphatic heterocycles. The fraction of sp³-hybridized carbons (Fsp3) is 0.421. The van der Waals surface area contributed by atoms with Crippen molar-refractivity contribution in [2.24, 2.45) is 0 Å². The summed E-state index contributed by atoms with van der Waals surface area (Å²) < 4.78 is 0. The van der Waals surface area contributed by atoms with Crippen LogP contribution in [0.5, 0.6) is 0 Å². The summed E-state index contributed by atoms with van der Waals surface area (Å²) in [4.78, 5) is 4.45. The molecular formula is C19H26N2. The number of aromatic nitrogens is 1. The van der Waals surface area contributed by atoms with Crippen LogP contribution in [0.2, 0.25) is 0 Å². The number of benzene rings is 1. The lowest BCUT2D eigenvalue weighted by atomic mass is 9.94. The Morgan fingerprint density at radius 1 is 1.14 bits per heavy atom. The summed E-state index contributed by atoms with van der Waals surface area (Å²) in [5, 5.41) is 3.68. The molecule has 1 atom stereocenters. The van der Waals surface area contributed by atoms with Crippen molar-refractivity contribution in [2.75, 3.05) is 6.54 Å². The Morgan fingerprint density at radius 3 is 2.67 bits per heavy atom. The Kier molecular flexibility index (Phi) is 5.51. The van der Waals surface area contributed by atoms with E-state index in [1.165, 1.54) is 22.3 Å². The molecule has 0 aliphatic rings. The van der Waals surface area contributed by atoms with Crippen molar-refractivity contribution >= 4 is 0 Å². The highest BCUT2D eigenvalue weighted by Crippen LogP contribution is 2.23. The van der Waals surface area contributed by atoms with Gasteiger partial charge in [-0.05, 0) is 62.9 Å². The second-order valence-corrected chi connectivity index (χ2v) is 5.82. The molecule has 1 heterocycles. The maximum absolute atomic E-state index is 4.45. The molecule has 0 saturated carbocycles. The van der Waals surface area contributed by atoms with Gasteiger partial charge in [0.05, 0.1) is 0 Å². The summed E-state index contributed by atoms with van der Waals surface area (Å²) in [6, 6.07) is 11.3. The first-order valence-corrected chi connectivity index (χ1v) is 7.82. The molecule has 2 aromatic rings. The maximum Gasteiger partial charge on any atom is 0.0420 e. The first kappa shape index (κ1) is 15.7. The smallest absolute Gasteiger partial charge is 0.0420 e. The van der Waals surface area contributed by atoms with Crippen LogP contribution < -0.4 is 5.32 Å². The quantitative estimate of drug-likeness (QED) is 0.855. The van der Waals surface area contributed by atoms with E-state index in [1.54, 1.807) is 0 Å². The first-order chi connectivity index (χ1) is 10.1. The molecule has 0 fully saturated rings. The minimum absolute atomic E-state index is 0.333. The zero-order valence-electron chi connectivity index (χ0n) is 13.6. The molecule has 112 valence electrons. The summed E-state index contributed by atoms with van der Waals surface area (Å²) >= 11 is 0. The van der Waals surface area contributed by atoms with Gasteiger partial charge in [0.1, 0.15) is 0 Å². The van der Waals surface area contributed by atoms with E-state index < -0.39 is 0 Å². The number of nitrogens with one attached hydrogen (secondary N) is 1. The van der Waals surface area contributed by atoms with Crippen LogP contribution >= 0.6 is 0 Å². The van der Waals surface area contributed by atoms with Gasteiger partial charge < -0.3 is 5.32 Å². The lowest BCUT2D eigenvalue weighted by molar-refractivity contribution is 0.524. The summed E-state index contributed by atoms with van der Waals surface area (Å²) in [6.07, 6.45) is 4.02. The van der Waals surface area contributed by atoms with Gasteiger partial charge in [-0.15, -0.1) is 0 Å². The Labute approximate surface area is 128 Å².